The zero-order valence-corrected chi connectivity index (χ0v) is 26.3. The summed E-state index contributed by atoms with van der Waals surface area (Å²) in [7, 11) is 4.37. The Hall–Kier alpha value is -5.43. The van der Waals surface area contributed by atoms with E-state index >= 15 is 0 Å². The van der Waals surface area contributed by atoms with Gasteiger partial charge >= 0.3 is 6.18 Å². The van der Waals surface area contributed by atoms with Crippen molar-refractivity contribution in [3.05, 3.63) is 113 Å². The summed E-state index contributed by atoms with van der Waals surface area (Å²) in [5.41, 5.74) is -0.343. The highest BCUT2D eigenvalue weighted by molar-refractivity contribution is 8.00. The van der Waals surface area contributed by atoms with Crippen molar-refractivity contribution in [1.29, 1.82) is 0 Å². The highest BCUT2D eigenvalue weighted by atomic mass is 32.2. The summed E-state index contributed by atoms with van der Waals surface area (Å²) in [6.07, 6.45) is -3.19. The second-order valence-electron chi connectivity index (χ2n) is 9.69. The molecule has 244 valence electrons. The number of anilines is 2. The first-order chi connectivity index (χ1) is 22.5. The van der Waals surface area contributed by atoms with Gasteiger partial charge in [-0.3, -0.25) is 14.4 Å². The lowest BCUT2D eigenvalue weighted by molar-refractivity contribution is -0.137. The molecule has 4 aromatic rings. The molecule has 0 aliphatic heterocycles. The first-order valence-electron chi connectivity index (χ1n) is 13.9. The fourth-order valence-corrected chi connectivity index (χ4v) is 5.06. The third-order valence-electron chi connectivity index (χ3n) is 6.53. The van der Waals surface area contributed by atoms with Crippen molar-refractivity contribution in [2.45, 2.75) is 11.1 Å². The molecule has 0 aromatic heterocycles. The number of carbonyl (C=O) groups is 3. The van der Waals surface area contributed by atoms with Crippen molar-refractivity contribution in [3.63, 3.8) is 0 Å². The molecule has 0 spiro atoms. The maximum atomic E-state index is 13.6. The molecule has 0 heterocycles. The van der Waals surface area contributed by atoms with Crippen LogP contribution in [0, 0.1) is 0 Å². The number of methoxy groups -OCH3 is 3. The molecule has 0 aliphatic rings. The van der Waals surface area contributed by atoms with Gasteiger partial charge < -0.3 is 30.2 Å². The molecule has 13 heteroatoms. The number of rotatable bonds is 12. The number of alkyl halides is 3. The molecule has 0 saturated heterocycles. The van der Waals surface area contributed by atoms with Gasteiger partial charge in [-0.2, -0.15) is 13.2 Å². The first kappa shape index (κ1) is 34.4. The van der Waals surface area contributed by atoms with E-state index in [2.05, 4.69) is 16.0 Å². The molecule has 0 atom stereocenters. The van der Waals surface area contributed by atoms with Crippen molar-refractivity contribution in [2.75, 3.05) is 37.7 Å². The maximum absolute atomic E-state index is 13.6. The molecular weight excluding hydrogens is 635 g/mol. The third kappa shape index (κ3) is 9.30. The van der Waals surface area contributed by atoms with Crippen LogP contribution in [0.25, 0.3) is 6.08 Å². The van der Waals surface area contributed by atoms with Crippen LogP contribution in [0.5, 0.6) is 17.2 Å². The quantitative estimate of drug-likeness (QED) is 0.112. The van der Waals surface area contributed by atoms with E-state index < -0.39 is 29.5 Å². The van der Waals surface area contributed by atoms with Crippen LogP contribution in [-0.2, 0) is 15.8 Å². The molecule has 4 rings (SSSR count). The Kier molecular flexibility index (Phi) is 11.5. The van der Waals surface area contributed by atoms with Crippen LogP contribution in [0.1, 0.15) is 21.5 Å². The number of nitrogens with one attached hydrogen (secondary N) is 3. The lowest BCUT2D eigenvalue weighted by atomic mass is 10.1. The second-order valence-corrected chi connectivity index (χ2v) is 10.7. The number of thioether (sulfide) groups is 1. The molecule has 0 radical (unpaired) electrons. The van der Waals surface area contributed by atoms with E-state index in [-0.39, 0.29) is 17.1 Å². The summed E-state index contributed by atoms with van der Waals surface area (Å²) < 4.78 is 56.1. The highest BCUT2D eigenvalue weighted by Gasteiger charge is 2.33. The Labute approximate surface area is 273 Å². The number of hydrogen-bond donors (Lipinski definition) is 3. The topological polar surface area (TPSA) is 115 Å². The number of benzene rings is 4. The minimum atomic E-state index is -4.62. The lowest BCUT2D eigenvalue weighted by Gasteiger charge is -2.15. The average molecular weight is 666 g/mol. The van der Waals surface area contributed by atoms with E-state index in [9.17, 15) is 27.6 Å². The third-order valence-corrected chi connectivity index (χ3v) is 7.53. The van der Waals surface area contributed by atoms with Crippen LogP contribution >= 0.6 is 11.8 Å². The molecule has 3 amide bonds. The first-order valence-corrected chi connectivity index (χ1v) is 14.9. The molecule has 47 heavy (non-hydrogen) atoms. The van der Waals surface area contributed by atoms with Crippen LogP contribution in [0.15, 0.2) is 102 Å². The number of para-hydroxylation sites is 1. The fraction of sp³-hybridized carbons (Fsp3) is 0.147. The van der Waals surface area contributed by atoms with Crippen molar-refractivity contribution in [3.8, 4) is 17.2 Å². The smallest absolute Gasteiger partial charge is 0.418 e. The normalized spacial score (nSPS) is 11.3. The van der Waals surface area contributed by atoms with E-state index in [4.69, 9.17) is 14.2 Å². The number of halogens is 3. The minimum Gasteiger partial charge on any atom is -0.496 e. The van der Waals surface area contributed by atoms with Gasteiger partial charge in [0.1, 0.15) is 11.4 Å². The summed E-state index contributed by atoms with van der Waals surface area (Å²) in [6, 6.07) is 22.7. The van der Waals surface area contributed by atoms with Gasteiger partial charge in [0.2, 0.25) is 5.91 Å². The Balaban J connectivity index is 1.54. The van der Waals surface area contributed by atoms with Crippen molar-refractivity contribution >= 4 is 46.9 Å². The highest BCUT2D eigenvalue weighted by Crippen LogP contribution is 2.36. The molecular formula is C34H30F3N3O6S. The lowest BCUT2D eigenvalue weighted by Crippen LogP contribution is -2.30. The summed E-state index contributed by atoms with van der Waals surface area (Å²) >= 11 is 1.06. The van der Waals surface area contributed by atoms with Crippen molar-refractivity contribution in [2.24, 2.45) is 0 Å². The van der Waals surface area contributed by atoms with Gasteiger partial charge in [-0.1, -0.05) is 36.4 Å². The van der Waals surface area contributed by atoms with Crippen LogP contribution in [0.3, 0.4) is 0 Å². The molecule has 0 aliphatic carbocycles. The van der Waals surface area contributed by atoms with E-state index in [1.54, 1.807) is 66.7 Å². The standard InChI is InChI=1S/C34H30F3N3O6S/c1-44-28-19-30(46-3)29(45-2)17-22(28)16-27(40-32(42)21-10-5-4-6-11-21)33(43)38-23-12-9-13-24(18-23)47-20-31(41)39-26-15-8-7-14-25(26)34(35,36)37/h4-19H,20H2,1-3H3,(H,38,43)(H,39,41)(H,40,42)/b27-16+. The van der Waals surface area contributed by atoms with Gasteiger partial charge in [-0.05, 0) is 54.6 Å². The molecule has 4 aromatic carbocycles. The Morgan fingerprint density at radius 1 is 0.766 bits per heavy atom. The van der Waals surface area contributed by atoms with Gasteiger partial charge in [0.05, 0.1) is 38.3 Å². The number of amides is 3. The van der Waals surface area contributed by atoms with E-state index in [0.29, 0.717) is 39.0 Å². The fourth-order valence-electron chi connectivity index (χ4n) is 4.30. The SMILES string of the molecule is COc1cc(OC)c(OC)cc1/C=C(/NC(=O)c1ccccc1)C(=O)Nc1cccc(SCC(=O)Nc2ccccc2C(F)(F)F)c1. The Morgan fingerprint density at radius 3 is 2.11 bits per heavy atom. The van der Waals surface area contributed by atoms with Crippen LogP contribution in [0.2, 0.25) is 0 Å². The van der Waals surface area contributed by atoms with Gasteiger partial charge in [-0.15, -0.1) is 11.8 Å². The Bertz CT molecular complexity index is 1780. The molecule has 9 nitrogen and oxygen atoms in total. The average Bonchev–Trinajstić information content (AvgIpc) is 3.07. The predicted molar refractivity (Wildman–Crippen MR) is 174 cm³/mol. The summed E-state index contributed by atoms with van der Waals surface area (Å²) in [6.45, 7) is 0. The largest absolute Gasteiger partial charge is 0.496 e. The monoisotopic (exact) mass is 665 g/mol. The van der Waals surface area contributed by atoms with E-state index in [1.165, 1.54) is 45.6 Å². The summed E-state index contributed by atoms with van der Waals surface area (Å²) in [5, 5.41) is 7.70. The maximum Gasteiger partial charge on any atom is 0.418 e. The zero-order valence-electron chi connectivity index (χ0n) is 25.4. The van der Waals surface area contributed by atoms with Gasteiger partial charge in [0.15, 0.2) is 11.5 Å². The summed E-state index contributed by atoms with van der Waals surface area (Å²) in [5.74, 6) is -0.933. The molecule has 0 saturated carbocycles. The van der Waals surface area contributed by atoms with Crippen LogP contribution < -0.4 is 30.2 Å². The number of carbonyl (C=O) groups excluding carboxylic acids is 3. The predicted octanol–water partition coefficient (Wildman–Crippen LogP) is 6.87. The van der Waals surface area contributed by atoms with E-state index in [0.717, 1.165) is 17.8 Å². The molecule has 0 unspecified atom stereocenters. The second kappa shape index (κ2) is 15.7. The van der Waals surface area contributed by atoms with Gasteiger partial charge in [0.25, 0.3) is 11.8 Å². The van der Waals surface area contributed by atoms with Crippen molar-refractivity contribution in [1.82, 2.24) is 5.32 Å². The molecule has 0 fully saturated rings. The van der Waals surface area contributed by atoms with E-state index in [1.807, 2.05) is 0 Å². The van der Waals surface area contributed by atoms with Gasteiger partial charge in [0, 0.05) is 27.8 Å². The minimum absolute atomic E-state index is 0.120. The molecule has 3 N–H and O–H groups in total. The zero-order chi connectivity index (χ0) is 34.0. The van der Waals surface area contributed by atoms with Crippen LogP contribution in [-0.4, -0.2) is 44.8 Å². The molecule has 0 bridgehead atoms. The van der Waals surface area contributed by atoms with Gasteiger partial charge in [-0.25, -0.2) is 0 Å². The van der Waals surface area contributed by atoms with Crippen LogP contribution in [0.4, 0.5) is 24.5 Å². The summed E-state index contributed by atoms with van der Waals surface area (Å²) in [4.78, 5) is 39.7. The Morgan fingerprint density at radius 2 is 1.43 bits per heavy atom. The number of hydrogen-bond acceptors (Lipinski definition) is 7. The van der Waals surface area contributed by atoms with Crippen molar-refractivity contribution < 1.29 is 41.8 Å². The number of ether oxygens (including phenoxy) is 3.